The first-order valence-corrected chi connectivity index (χ1v) is 9.59. The predicted octanol–water partition coefficient (Wildman–Crippen LogP) is 2.62. The Morgan fingerprint density at radius 3 is 2.52 bits per heavy atom. The van der Waals surface area contributed by atoms with Gasteiger partial charge in [0, 0.05) is 38.1 Å². The Hall–Kier alpha value is -0.600. The molecule has 0 aliphatic heterocycles. The number of alkyl halides is 2. The summed E-state index contributed by atoms with van der Waals surface area (Å²) in [5.41, 5.74) is 0.460. The number of aromatic nitrogens is 2. The van der Waals surface area contributed by atoms with Gasteiger partial charge in [0.2, 0.25) is 10.0 Å². The molecule has 0 saturated heterocycles. The van der Waals surface area contributed by atoms with E-state index in [4.69, 9.17) is 23.2 Å². The SMILES string of the molecule is Cn1cc(S(=O)(=O)N(CCCl)CCCl)c(-c2cccs2)n1. The highest BCUT2D eigenvalue weighted by atomic mass is 35.5. The lowest BCUT2D eigenvalue weighted by molar-refractivity contribution is 0.448. The second-order valence-corrected chi connectivity index (χ2v) is 7.88. The second kappa shape index (κ2) is 7.11. The third-order valence-electron chi connectivity index (χ3n) is 2.84. The minimum Gasteiger partial charge on any atom is -0.274 e. The van der Waals surface area contributed by atoms with E-state index in [-0.39, 0.29) is 29.7 Å². The van der Waals surface area contributed by atoms with E-state index in [1.165, 1.54) is 26.5 Å². The highest BCUT2D eigenvalue weighted by molar-refractivity contribution is 7.89. The summed E-state index contributed by atoms with van der Waals surface area (Å²) in [7, 11) is -1.98. The molecule has 5 nitrogen and oxygen atoms in total. The maximum atomic E-state index is 12.8. The van der Waals surface area contributed by atoms with Gasteiger partial charge in [0.05, 0.1) is 4.88 Å². The Kier molecular flexibility index (Phi) is 5.67. The largest absolute Gasteiger partial charge is 0.274 e. The first kappa shape index (κ1) is 16.8. The Bertz CT molecular complexity index is 677. The van der Waals surface area contributed by atoms with Crippen molar-refractivity contribution < 1.29 is 8.42 Å². The van der Waals surface area contributed by atoms with Crippen molar-refractivity contribution in [3.05, 3.63) is 23.7 Å². The van der Waals surface area contributed by atoms with Crippen molar-refractivity contribution in [2.45, 2.75) is 4.90 Å². The van der Waals surface area contributed by atoms with Crippen molar-refractivity contribution >= 4 is 44.6 Å². The molecule has 2 heterocycles. The van der Waals surface area contributed by atoms with Crippen molar-refractivity contribution in [1.29, 1.82) is 0 Å². The summed E-state index contributed by atoms with van der Waals surface area (Å²) >= 11 is 12.9. The van der Waals surface area contributed by atoms with Crippen LogP contribution in [-0.2, 0) is 17.1 Å². The third-order valence-corrected chi connectivity index (χ3v) is 5.95. The highest BCUT2D eigenvalue weighted by Gasteiger charge is 2.29. The van der Waals surface area contributed by atoms with Crippen LogP contribution < -0.4 is 0 Å². The van der Waals surface area contributed by atoms with Crippen molar-refractivity contribution in [1.82, 2.24) is 14.1 Å². The number of nitrogens with zero attached hydrogens (tertiary/aromatic N) is 3. The summed E-state index contributed by atoms with van der Waals surface area (Å²) in [5, 5.41) is 6.16. The van der Waals surface area contributed by atoms with Crippen LogP contribution >= 0.6 is 34.5 Å². The molecule has 0 aliphatic rings. The average molecular weight is 368 g/mol. The van der Waals surface area contributed by atoms with E-state index in [0.29, 0.717) is 5.69 Å². The normalized spacial score (nSPS) is 12.2. The zero-order valence-corrected chi connectivity index (χ0v) is 14.5. The summed E-state index contributed by atoms with van der Waals surface area (Å²) < 4.78 is 28.4. The summed E-state index contributed by atoms with van der Waals surface area (Å²) in [4.78, 5) is 0.994. The number of hydrogen-bond donors (Lipinski definition) is 0. The molecule has 0 fully saturated rings. The molecule has 0 unspecified atom stereocenters. The minimum absolute atomic E-state index is 0.183. The Balaban J connectivity index is 2.49. The number of rotatable bonds is 7. The summed E-state index contributed by atoms with van der Waals surface area (Å²) in [5.74, 6) is 0.426. The molecule has 116 valence electrons. The van der Waals surface area contributed by atoms with Crippen LogP contribution in [0.2, 0.25) is 0 Å². The molecular weight excluding hydrogens is 353 g/mol. The monoisotopic (exact) mass is 367 g/mol. The highest BCUT2D eigenvalue weighted by Crippen LogP contribution is 2.31. The van der Waals surface area contributed by atoms with Crippen LogP contribution in [0.1, 0.15) is 0 Å². The maximum Gasteiger partial charge on any atom is 0.246 e. The first-order valence-electron chi connectivity index (χ1n) is 6.20. The molecule has 0 bridgehead atoms. The van der Waals surface area contributed by atoms with Gasteiger partial charge in [0.15, 0.2) is 0 Å². The van der Waals surface area contributed by atoms with E-state index in [1.807, 2.05) is 17.5 Å². The summed E-state index contributed by atoms with van der Waals surface area (Å²) in [6.07, 6.45) is 1.51. The van der Waals surface area contributed by atoms with E-state index in [0.717, 1.165) is 4.88 Å². The van der Waals surface area contributed by atoms with Gasteiger partial charge in [-0.05, 0) is 11.4 Å². The van der Waals surface area contributed by atoms with Gasteiger partial charge >= 0.3 is 0 Å². The van der Waals surface area contributed by atoms with Crippen LogP contribution in [0.4, 0.5) is 0 Å². The molecule has 9 heteroatoms. The van der Waals surface area contributed by atoms with Gasteiger partial charge in [-0.1, -0.05) is 6.07 Å². The average Bonchev–Trinajstić information content (AvgIpc) is 3.07. The van der Waals surface area contributed by atoms with Crippen LogP contribution in [0.5, 0.6) is 0 Å². The molecular formula is C12H15Cl2N3O2S2. The Labute approximate surface area is 138 Å². The van der Waals surface area contributed by atoms with Gasteiger partial charge in [-0.25, -0.2) is 8.42 Å². The molecule has 0 amide bonds. The number of halogens is 2. The number of thiophene rings is 1. The Morgan fingerprint density at radius 2 is 2.00 bits per heavy atom. The quantitative estimate of drug-likeness (QED) is 0.706. The molecule has 0 aromatic carbocycles. The second-order valence-electron chi connectivity index (χ2n) is 4.27. The first-order chi connectivity index (χ1) is 10.0. The van der Waals surface area contributed by atoms with E-state index in [1.54, 1.807) is 7.05 Å². The van der Waals surface area contributed by atoms with Crippen molar-refractivity contribution in [3.63, 3.8) is 0 Å². The van der Waals surface area contributed by atoms with Gasteiger partial charge in [-0.3, -0.25) is 4.68 Å². The van der Waals surface area contributed by atoms with Crippen molar-refractivity contribution in [2.75, 3.05) is 24.8 Å². The molecule has 0 saturated carbocycles. The zero-order chi connectivity index (χ0) is 15.5. The lowest BCUT2D eigenvalue weighted by Crippen LogP contribution is -2.34. The van der Waals surface area contributed by atoms with Gasteiger partial charge in [-0.15, -0.1) is 34.5 Å². The van der Waals surface area contributed by atoms with Gasteiger partial charge in [0.1, 0.15) is 10.6 Å². The van der Waals surface area contributed by atoms with Crippen molar-refractivity contribution in [2.24, 2.45) is 7.05 Å². The van der Waals surface area contributed by atoms with Crippen LogP contribution in [0.3, 0.4) is 0 Å². The molecule has 0 spiro atoms. The fourth-order valence-corrected chi connectivity index (χ4v) is 4.94. The molecule has 2 aromatic heterocycles. The van der Waals surface area contributed by atoms with Gasteiger partial charge in [0.25, 0.3) is 0 Å². The third kappa shape index (κ3) is 3.60. The molecule has 21 heavy (non-hydrogen) atoms. The van der Waals surface area contributed by atoms with Crippen LogP contribution in [-0.4, -0.2) is 47.4 Å². The lowest BCUT2D eigenvalue weighted by atomic mass is 10.3. The fraction of sp³-hybridized carbons (Fsp3) is 0.417. The van der Waals surface area contributed by atoms with E-state index >= 15 is 0 Å². The summed E-state index contributed by atoms with van der Waals surface area (Å²) in [6.45, 7) is 0.435. The lowest BCUT2D eigenvalue weighted by Gasteiger charge is -2.19. The maximum absolute atomic E-state index is 12.8. The van der Waals surface area contributed by atoms with Crippen molar-refractivity contribution in [3.8, 4) is 10.6 Å². The molecule has 0 N–H and O–H groups in total. The number of hydrogen-bond acceptors (Lipinski definition) is 4. The van der Waals surface area contributed by atoms with E-state index in [2.05, 4.69) is 5.10 Å². The van der Waals surface area contributed by atoms with E-state index in [9.17, 15) is 8.42 Å². The smallest absolute Gasteiger partial charge is 0.246 e. The zero-order valence-electron chi connectivity index (χ0n) is 11.4. The standard InChI is InChI=1S/C12H15Cl2N3O2S2/c1-16-9-11(12(15-16)10-3-2-8-20-10)21(18,19)17(6-4-13)7-5-14/h2-3,8-9H,4-7H2,1H3. The fourth-order valence-electron chi connectivity index (χ4n) is 1.92. The van der Waals surface area contributed by atoms with E-state index < -0.39 is 10.0 Å². The van der Waals surface area contributed by atoms with Gasteiger partial charge < -0.3 is 0 Å². The van der Waals surface area contributed by atoms with Crippen LogP contribution in [0, 0.1) is 0 Å². The van der Waals surface area contributed by atoms with Crippen LogP contribution in [0.25, 0.3) is 10.6 Å². The van der Waals surface area contributed by atoms with Gasteiger partial charge in [-0.2, -0.15) is 9.40 Å². The topological polar surface area (TPSA) is 55.2 Å². The molecule has 2 rings (SSSR count). The molecule has 0 radical (unpaired) electrons. The predicted molar refractivity (Wildman–Crippen MR) is 86.7 cm³/mol. The minimum atomic E-state index is -3.67. The molecule has 0 aliphatic carbocycles. The summed E-state index contributed by atoms with van der Waals surface area (Å²) in [6, 6.07) is 3.71. The Morgan fingerprint density at radius 1 is 1.33 bits per heavy atom. The molecule has 2 aromatic rings. The van der Waals surface area contributed by atoms with Crippen LogP contribution in [0.15, 0.2) is 28.6 Å². The number of aryl methyl sites for hydroxylation is 1. The molecule has 0 atom stereocenters. The number of sulfonamides is 1.